The summed E-state index contributed by atoms with van der Waals surface area (Å²) in [4.78, 5) is 12.1. The molecular weight excluding hydrogens is 246 g/mol. The number of furan rings is 1. The molecule has 0 saturated carbocycles. The summed E-state index contributed by atoms with van der Waals surface area (Å²) in [5.41, 5.74) is 0.165. The van der Waals surface area contributed by atoms with Crippen molar-refractivity contribution in [2.75, 3.05) is 7.11 Å². The van der Waals surface area contributed by atoms with Crippen molar-refractivity contribution in [1.29, 1.82) is 0 Å². The fraction of sp³-hybridized carbons (Fsp3) is 0.214. The second kappa shape index (κ2) is 5.48. The Bertz CT molecular complexity index is 563. The van der Waals surface area contributed by atoms with Crippen molar-refractivity contribution in [2.24, 2.45) is 0 Å². The van der Waals surface area contributed by atoms with Crippen LogP contribution in [0.4, 0.5) is 0 Å². The van der Waals surface area contributed by atoms with Crippen molar-refractivity contribution < 1.29 is 19.1 Å². The first-order valence-electron chi connectivity index (χ1n) is 5.83. The Balaban J connectivity index is 2.16. The highest BCUT2D eigenvalue weighted by atomic mass is 16.5. The summed E-state index contributed by atoms with van der Waals surface area (Å²) in [6.45, 7) is 1.80. The third kappa shape index (κ3) is 2.70. The number of benzene rings is 1. The SMILES string of the molecule is COc1cccc(C(=O)NC(C)c2ccco2)c1O. The van der Waals surface area contributed by atoms with Gasteiger partial charge >= 0.3 is 0 Å². The molecule has 2 rings (SSSR count). The lowest BCUT2D eigenvalue weighted by Crippen LogP contribution is -2.26. The summed E-state index contributed by atoms with van der Waals surface area (Å²) < 4.78 is 10.2. The number of aromatic hydroxyl groups is 1. The average molecular weight is 261 g/mol. The van der Waals surface area contributed by atoms with Crippen LogP contribution in [0.25, 0.3) is 0 Å². The smallest absolute Gasteiger partial charge is 0.255 e. The number of rotatable bonds is 4. The molecule has 5 nitrogen and oxygen atoms in total. The number of nitrogens with one attached hydrogen (secondary N) is 1. The Morgan fingerprint density at radius 2 is 2.16 bits per heavy atom. The van der Waals surface area contributed by atoms with Crippen LogP contribution < -0.4 is 10.1 Å². The second-order valence-corrected chi connectivity index (χ2v) is 4.07. The largest absolute Gasteiger partial charge is 0.504 e. The van der Waals surface area contributed by atoms with Crippen molar-refractivity contribution in [3.63, 3.8) is 0 Å². The normalized spacial score (nSPS) is 11.9. The molecule has 0 aliphatic heterocycles. The van der Waals surface area contributed by atoms with E-state index in [1.54, 1.807) is 37.5 Å². The molecule has 1 atom stereocenters. The van der Waals surface area contributed by atoms with Crippen molar-refractivity contribution >= 4 is 5.91 Å². The van der Waals surface area contributed by atoms with Crippen LogP contribution in [0.3, 0.4) is 0 Å². The molecule has 0 aliphatic rings. The first-order valence-corrected chi connectivity index (χ1v) is 5.83. The van der Waals surface area contributed by atoms with Gasteiger partial charge in [-0.25, -0.2) is 0 Å². The van der Waals surface area contributed by atoms with Gasteiger partial charge in [-0.15, -0.1) is 0 Å². The molecule has 0 spiro atoms. The van der Waals surface area contributed by atoms with Crippen LogP contribution in [-0.2, 0) is 0 Å². The van der Waals surface area contributed by atoms with Gasteiger partial charge < -0.3 is 19.6 Å². The molecule has 1 aromatic carbocycles. The summed E-state index contributed by atoms with van der Waals surface area (Å²) in [5, 5.41) is 12.6. The maximum Gasteiger partial charge on any atom is 0.255 e. The predicted molar refractivity (Wildman–Crippen MR) is 69.2 cm³/mol. The van der Waals surface area contributed by atoms with E-state index in [1.165, 1.54) is 13.2 Å². The van der Waals surface area contributed by atoms with Crippen molar-refractivity contribution in [3.8, 4) is 11.5 Å². The van der Waals surface area contributed by atoms with Gasteiger partial charge in [0.25, 0.3) is 5.91 Å². The third-order valence-corrected chi connectivity index (χ3v) is 2.78. The lowest BCUT2D eigenvalue weighted by molar-refractivity contribution is 0.0932. The number of phenols is 1. The maximum atomic E-state index is 12.1. The van der Waals surface area contributed by atoms with Crippen LogP contribution in [0.15, 0.2) is 41.0 Å². The summed E-state index contributed by atoms with van der Waals surface area (Å²) in [7, 11) is 1.43. The van der Waals surface area contributed by atoms with Gasteiger partial charge in [0.05, 0.1) is 25.0 Å². The molecule has 19 heavy (non-hydrogen) atoms. The highest BCUT2D eigenvalue weighted by molar-refractivity contribution is 5.97. The van der Waals surface area contributed by atoms with Crippen LogP contribution in [0.1, 0.15) is 29.1 Å². The molecule has 100 valence electrons. The van der Waals surface area contributed by atoms with Gasteiger partial charge in [0.2, 0.25) is 0 Å². The van der Waals surface area contributed by atoms with Gasteiger partial charge in [0, 0.05) is 0 Å². The van der Waals surface area contributed by atoms with Crippen LogP contribution in [0.2, 0.25) is 0 Å². The number of carbonyl (C=O) groups excluding carboxylic acids is 1. The minimum absolute atomic E-state index is 0.165. The van der Waals surface area contributed by atoms with Crippen LogP contribution in [-0.4, -0.2) is 18.1 Å². The van der Waals surface area contributed by atoms with Gasteiger partial charge in [-0.05, 0) is 31.2 Å². The number of methoxy groups -OCH3 is 1. The predicted octanol–water partition coefficient (Wildman–Crippen LogP) is 2.48. The standard InChI is InChI=1S/C14H15NO4/c1-9(11-7-4-8-19-11)15-14(17)10-5-3-6-12(18-2)13(10)16/h3-9,16H,1-2H3,(H,15,17). The Morgan fingerprint density at radius 3 is 2.79 bits per heavy atom. The van der Waals surface area contributed by atoms with Crippen molar-refractivity contribution in [1.82, 2.24) is 5.32 Å². The molecular formula is C14H15NO4. The van der Waals surface area contributed by atoms with Gasteiger partial charge in [-0.2, -0.15) is 0 Å². The summed E-state index contributed by atoms with van der Waals surface area (Å²) in [6.07, 6.45) is 1.54. The highest BCUT2D eigenvalue weighted by Gasteiger charge is 2.18. The number of phenolic OH excluding ortho intramolecular Hbond substituents is 1. The van der Waals surface area contributed by atoms with E-state index in [-0.39, 0.29) is 29.0 Å². The van der Waals surface area contributed by atoms with Crippen LogP contribution in [0.5, 0.6) is 11.5 Å². The molecule has 2 aromatic rings. The molecule has 1 heterocycles. The molecule has 0 fully saturated rings. The monoisotopic (exact) mass is 261 g/mol. The van der Waals surface area contributed by atoms with Crippen LogP contribution >= 0.6 is 0 Å². The fourth-order valence-corrected chi connectivity index (χ4v) is 1.75. The van der Waals surface area contributed by atoms with E-state index in [2.05, 4.69) is 5.32 Å². The zero-order chi connectivity index (χ0) is 13.8. The molecule has 0 radical (unpaired) electrons. The average Bonchev–Trinajstić information content (AvgIpc) is 2.92. The number of ether oxygens (including phenoxy) is 1. The van der Waals surface area contributed by atoms with E-state index >= 15 is 0 Å². The molecule has 2 N–H and O–H groups in total. The van der Waals surface area contributed by atoms with Gasteiger partial charge in [-0.1, -0.05) is 6.07 Å². The molecule has 0 aliphatic carbocycles. The molecule has 0 bridgehead atoms. The Hall–Kier alpha value is -2.43. The number of amides is 1. The lowest BCUT2D eigenvalue weighted by Gasteiger charge is -2.13. The van der Waals surface area contributed by atoms with E-state index in [9.17, 15) is 9.90 Å². The van der Waals surface area contributed by atoms with E-state index in [0.29, 0.717) is 5.76 Å². The van der Waals surface area contributed by atoms with Gasteiger partial charge in [-0.3, -0.25) is 4.79 Å². The maximum absolute atomic E-state index is 12.1. The minimum Gasteiger partial charge on any atom is -0.504 e. The Labute approximate surface area is 110 Å². The molecule has 1 unspecified atom stereocenters. The summed E-state index contributed by atoms with van der Waals surface area (Å²) >= 11 is 0. The Kier molecular flexibility index (Phi) is 3.75. The van der Waals surface area contributed by atoms with Crippen LogP contribution in [0, 0.1) is 0 Å². The van der Waals surface area contributed by atoms with E-state index < -0.39 is 0 Å². The minimum atomic E-state index is -0.389. The number of para-hydroxylation sites is 1. The first-order chi connectivity index (χ1) is 9.13. The number of hydrogen-bond acceptors (Lipinski definition) is 4. The molecule has 1 amide bonds. The number of hydrogen-bond donors (Lipinski definition) is 2. The summed E-state index contributed by atoms with van der Waals surface area (Å²) in [6, 6.07) is 8.00. The van der Waals surface area contributed by atoms with Crippen molar-refractivity contribution in [3.05, 3.63) is 47.9 Å². The Morgan fingerprint density at radius 1 is 1.37 bits per heavy atom. The van der Waals surface area contributed by atoms with E-state index in [1.807, 2.05) is 0 Å². The fourth-order valence-electron chi connectivity index (χ4n) is 1.75. The molecule has 1 aromatic heterocycles. The topological polar surface area (TPSA) is 71.7 Å². The summed E-state index contributed by atoms with van der Waals surface area (Å²) in [5.74, 6) is 0.350. The zero-order valence-electron chi connectivity index (χ0n) is 10.7. The van der Waals surface area contributed by atoms with Gasteiger partial charge in [0.1, 0.15) is 5.76 Å². The van der Waals surface area contributed by atoms with Crippen molar-refractivity contribution in [2.45, 2.75) is 13.0 Å². The zero-order valence-corrected chi connectivity index (χ0v) is 10.7. The molecule has 5 heteroatoms. The first kappa shape index (κ1) is 13.0. The number of carbonyl (C=O) groups is 1. The molecule has 0 saturated heterocycles. The highest BCUT2D eigenvalue weighted by Crippen LogP contribution is 2.29. The second-order valence-electron chi connectivity index (χ2n) is 4.07. The third-order valence-electron chi connectivity index (χ3n) is 2.78. The quantitative estimate of drug-likeness (QED) is 0.887. The van der Waals surface area contributed by atoms with E-state index in [4.69, 9.17) is 9.15 Å². The lowest BCUT2D eigenvalue weighted by atomic mass is 10.1. The van der Waals surface area contributed by atoms with E-state index in [0.717, 1.165) is 0 Å². The van der Waals surface area contributed by atoms with Gasteiger partial charge in [0.15, 0.2) is 11.5 Å².